The van der Waals surface area contributed by atoms with Crippen molar-refractivity contribution in [2.75, 3.05) is 13.1 Å². The highest BCUT2D eigenvalue weighted by Crippen LogP contribution is 2.30. The average Bonchev–Trinajstić information content (AvgIpc) is 2.03. The van der Waals surface area contributed by atoms with Crippen LogP contribution in [0.4, 0.5) is 0 Å². The Morgan fingerprint density at radius 2 is 1.83 bits per heavy atom. The molecule has 1 aliphatic rings. The maximum absolute atomic E-state index is 8.73. The molecule has 12 heavy (non-hydrogen) atoms. The van der Waals surface area contributed by atoms with Crippen molar-refractivity contribution in [1.82, 2.24) is 4.90 Å². The molecule has 1 unspecified atom stereocenters. The second-order valence-electron chi connectivity index (χ2n) is 4.51. The van der Waals surface area contributed by atoms with Crippen LogP contribution in [-0.2, 0) is 0 Å². The summed E-state index contributed by atoms with van der Waals surface area (Å²) in [5.41, 5.74) is 0.492. The molecule has 1 aliphatic heterocycles. The smallest absolute Gasteiger partial charge is 0.0949 e. The first kappa shape index (κ1) is 9.54. The lowest BCUT2D eigenvalue weighted by atomic mass is 9.82. The molecule has 0 aliphatic carbocycles. The molecule has 2 nitrogen and oxygen atoms in total. The summed E-state index contributed by atoms with van der Waals surface area (Å²) in [6.45, 7) is 8.77. The van der Waals surface area contributed by atoms with E-state index < -0.39 is 0 Å². The molecule has 0 aromatic heterocycles. The third-order valence-corrected chi connectivity index (χ3v) is 2.89. The van der Waals surface area contributed by atoms with E-state index in [2.05, 4.69) is 24.8 Å². The SMILES string of the molecule is CC(C#N)N1CCC(C)(C)CC1. The molecule has 2 heteroatoms. The Labute approximate surface area is 75.2 Å². The molecule has 0 aromatic carbocycles. The summed E-state index contributed by atoms with van der Waals surface area (Å²) in [7, 11) is 0. The van der Waals surface area contributed by atoms with E-state index in [1.807, 2.05) is 6.92 Å². The van der Waals surface area contributed by atoms with Crippen molar-refractivity contribution in [3.8, 4) is 6.07 Å². The van der Waals surface area contributed by atoms with E-state index in [4.69, 9.17) is 5.26 Å². The van der Waals surface area contributed by atoms with Crippen molar-refractivity contribution in [1.29, 1.82) is 5.26 Å². The Balaban J connectivity index is 2.42. The van der Waals surface area contributed by atoms with Crippen molar-refractivity contribution in [2.45, 2.75) is 39.7 Å². The number of hydrogen-bond acceptors (Lipinski definition) is 2. The molecule has 1 fully saturated rings. The van der Waals surface area contributed by atoms with Gasteiger partial charge < -0.3 is 0 Å². The summed E-state index contributed by atoms with van der Waals surface area (Å²) in [4.78, 5) is 2.27. The van der Waals surface area contributed by atoms with Gasteiger partial charge in [-0.05, 0) is 38.3 Å². The lowest BCUT2D eigenvalue weighted by Crippen LogP contribution is -2.41. The number of rotatable bonds is 1. The third-order valence-electron chi connectivity index (χ3n) is 2.89. The highest BCUT2D eigenvalue weighted by atomic mass is 15.2. The minimum Gasteiger partial charge on any atom is -0.288 e. The molecule has 1 rings (SSSR count). The van der Waals surface area contributed by atoms with Gasteiger partial charge in [0.1, 0.15) is 0 Å². The highest BCUT2D eigenvalue weighted by molar-refractivity contribution is 4.91. The van der Waals surface area contributed by atoms with Crippen LogP contribution in [0.3, 0.4) is 0 Å². The maximum Gasteiger partial charge on any atom is 0.0949 e. The topological polar surface area (TPSA) is 27.0 Å². The zero-order valence-corrected chi connectivity index (χ0v) is 8.30. The predicted molar refractivity (Wildman–Crippen MR) is 49.7 cm³/mol. The summed E-state index contributed by atoms with van der Waals surface area (Å²) in [6.07, 6.45) is 2.44. The Morgan fingerprint density at radius 3 is 2.25 bits per heavy atom. The molecule has 0 spiro atoms. The highest BCUT2D eigenvalue weighted by Gasteiger charge is 2.27. The number of piperidine rings is 1. The molecule has 1 heterocycles. The number of hydrogen-bond donors (Lipinski definition) is 0. The van der Waals surface area contributed by atoms with Gasteiger partial charge in [-0.3, -0.25) is 4.90 Å². The van der Waals surface area contributed by atoms with Crippen LogP contribution in [0, 0.1) is 16.7 Å². The number of nitriles is 1. The first-order valence-electron chi connectivity index (χ1n) is 4.69. The molecule has 0 N–H and O–H groups in total. The molecule has 0 amide bonds. The summed E-state index contributed by atoms with van der Waals surface area (Å²) in [5, 5.41) is 8.73. The van der Waals surface area contributed by atoms with Gasteiger partial charge in [0.25, 0.3) is 0 Å². The molecule has 1 atom stereocenters. The van der Waals surface area contributed by atoms with E-state index in [9.17, 15) is 0 Å². The van der Waals surface area contributed by atoms with Crippen LogP contribution >= 0.6 is 0 Å². The maximum atomic E-state index is 8.73. The fraction of sp³-hybridized carbons (Fsp3) is 0.900. The minimum atomic E-state index is 0.0982. The van der Waals surface area contributed by atoms with E-state index >= 15 is 0 Å². The van der Waals surface area contributed by atoms with Crippen molar-refractivity contribution >= 4 is 0 Å². The lowest BCUT2D eigenvalue weighted by Gasteiger charge is -2.37. The minimum absolute atomic E-state index is 0.0982. The fourth-order valence-electron chi connectivity index (χ4n) is 1.60. The van der Waals surface area contributed by atoms with Crippen molar-refractivity contribution in [2.24, 2.45) is 5.41 Å². The van der Waals surface area contributed by atoms with Crippen LogP contribution in [0.15, 0.2) is 0 Å². The van der Waals surface area contributed by atoms with Gasteiger partial charge in [0.15, 0.2) is 0 Å². The van der Waals surface area contributed by atoms with Gasteiger partial charge in [-0.1, -0.05) is 13.8 Å². The quantitative estimate of drug-likeness (QED) is 0.596. The fourth-order valence-corrected chi connectivity index (χ4v) is 1.60. The van der Waals surface area contributed by atoms with Crippen LogP contribution in [0.5, 0.6) is 0 Å². The predicted octanol–water partition coefficient (Wildman–Crippen LogP) is 2.02. The summed E-state index contributed by atoms with van der Waals surface area (Å²) in [6, 6.07) is 2.39. The average molecular weight is 166 g/mol. The number of likely N-dealkylation sites (tertiary alicyclic amines) is 1. The summed E-state index contributed by atoms with van der Waals surface area (Å²) < 4.78 is 0. The van der Waals surface area contributed by atoms with Gasteiger partial charge in [-0.25, -0.2) is 0 Å². The zero-order chi connectivity index (χ0) is 9.19. The van der Waals surface area contributed by atoms with Crippen LogP contribution in [0.25, 0.3) is 0 Å². The Bertz CT molecular complexity index is 181. The third kappa shape index (κ3) is 2.22. The molecular formula is C10H18N2. The van der Waals surface area contributed by atoms with Gasteiger partial charge in [0.05, 0.1) is 12.1 Å². The van der Waals surface area contributed by atoms with E-state index in [1.54, 1.807) is 0 Å². The molecular weight excluding hydrogens is 148 g/mol. The van der Waals surface area contributed by atoms with Crippen LogP contribution < -0.4 is 0 Å². The molecule has 0 radical (unpaired) electrons. The van der Waals surface area contributed by atoms with Crippen LogP contribution in [-0.4, -0.2) is 24.0 Å². The Kier molecular flexibility index (Phi) is 2.74. The van der Waals surface area contributed by atoms with Gasteiger partial charge in [0, 0.05) is 0 Å². The van der Waals surface area contributed by atoms with E-state index in [0.29, 0.717) is 5.41 Å². The van der Waals surface area contributed by atoms with Crippen LogP contribution in [0.1, 0.15) is 33.6 Å². The first-order chi connectivity index (χ1) is 5.55. The van der Waals surface area contributed by atoms with Crippen molar-refractivity contribution in [3.05, 3.63) is 0 Å². The Hall–Kier alpha value is -0.550. The van der Waals surface area contributed by atoms with Gasteiger partial charge >= 0.3 is 0 Å². The van der Waals surface area contributed by atoms with Gasteiger partial charge in [0.2, 0.25) is 0 Å². The monoisotopic (exact) mass is 166 g/mol. The van der Waals surface area contributed by atoms with Crippen LogP contribution in [0.2, 0.25) is 0 Å². The molecule has 0 saturated carbocycles. The largest absolute Gasteiger partial charge is 0.288 e. The van der Waals surface area contributed by atoms with Gasteiger partial charge in [-0.15, -0.1) is 0 Å². The zero-order valence-electron chi connectivity index (χ0n) is 8.30. The van der Waals surface area contributed by atoms with Gasteiger partial charge in [-0.2, -0.15) is 5.26 Å². The van der Waals surface area contributed by atoms with E-state index in [-0.39, 0.29) is 6.04 Å². The summed E-state index contributed by atoms with van der Waals surface area (Å²) >= 11 is 0. The molecule has 0 aromatic rings. The normalized spacial score (nSPS) is 26.2. The Morgan fingerprint density at radius 1 is 1.33 bits per heavy atom. The standard InChI is InChI=1S/C10H18N2/c1-9(8-11)12-6-4-10(2,3)5-7-12/h9H,4-7H2,1-3H3. The lowest BCUT2D eigenvalue weighted by molar-refractivity contribution is 0.118. The second-order valence-corrected chi connectivity index (χ2v) is 4.51. The molecule has 68 valence electrons. The summed E-state index contributed by atoms with van der Waals surface area (Å²) in [5.74, 6) is 0. The van der Waals surface area contributed by atoms with Crippen molar-refractivity contribution < 1.29 is 0 Å². The number of nitrogens with zero attached hydrogens (tertiary/aromatic N) is 2. The van der Waals surface area contributed by atoms with E-state index in [1.165, 1.54) is 12.8 Å². The van der Waals surface area contributed by atoms with E-state index in [0.717, 1.165) is 13.1 Å². The first-order valence-corrected chi connectivity index (χ1v) is 4.69. The molecule has 1 saturated heterocycles. The second kappa shape index (κ2) is 3.45. The molecule has 0 bridgehead atoms. The van der Waals surface area contributed by atoms with Crippen molar-refractivity contribution in [3.63, 3.8) is 0 Å².